The Kier molecular flexibility index (Phi) is 9.73. The molecule has 0 N–H and O–H groups in total. The fourth-order valence-corrected chi connectivity index (χ4v) is 8.43. The summed E-state index contributed by atoms with van der Waals surface area (Å²) in [5.74, 6) is 2.20. The molecule has 1 aromatic heterocycles. The molecule has 1 fully saturated rings. The van der Waals surface area contributed by atoms with Gasteiger partial charge in [-0.2, -0.15) is 0 Å². The second kappa shape index (κ2) is 14.3. The van der Waals surface area contributed by atoms with Crippen molar-refractivity contribution in [2.45, 2.75) is 96.8 Å². The number of nitrogens with zero attached hydrogens (tertiary/aromatic N) is 1. The number of ether oxygens (including phenoxy) is 1. The smallest absolute Gasteiger partial charge is 0.188 e. The summed E-state index contributed by atoms with van der Waals surface area (Å²) in [5, 5.41) is 0. The average Bonchev–Trinajstić information content (AvgIpc) is 3.94. The Bertz CT molecular complexity index is 1810. The number of aromatic nitrogens is 1. The normalized spacial score (nSPS) is 24.3. The van der Waals surface area contributed by atoms with Gasteiger partial charge in [-0.3, -0.25) is 14.6 Å². The fourth-order valence-electron chi connectivity index (χ4n) is 8.43. The lowest BCUT2D eigenvalue weighted by molar-refractivity contribution is 0.0974. The maximum Gasteiger partial charge on any atom is 0.188 e. The number of carbonyl (C=O) groups excluding carboxylic acids is 2. The molecule has 3 aliphatic carbocycles. The number of hydrogen-bond donors (Lipinski definition) is 0. The van der Waals surface area contributed by atoms with Crippen LogP contribution < -0.4 is 0 Å². The van der Waals surface area contributed by atoms with Crippen molar-refractivity contribution in [2.75, 3.05) is 13.2 Å². The van der Waals surface area contributed by atoms with Gasteiger partial charge in [0.15, 0.2) is 11.6 Å². The first-order valence-corrected chi connectivity index (χ1v) is 18.3. The standard InChI is InChI=1S/C44H49NO3/c1-4-30-24-40(30)41-25-36(44(47)33-11-7-10-31(14-15-33)32-12-8-19-48-20-18-32)17-16-35(41)23-37-26-39-28(2)21-34-9-5-6-13-38(34)43(46)22-29(3)42(39)27-45-37/h5-6,9,11-13,16-17,21,25-27,29-31,40H,4,7-8,10,14-15,18-20,22-24H2,1-3H3. The van der Waals surface area contributed by atoms with Gasteiger partial charge in [0.1, 0.15) is 0 Å². The Labute approximate surface area is 286 Å². The lowest BCUT2D eigenvalue weighted by atomic mass is 9.87. The highest BCUT2D eigenvalue weighted by atomic mass is 16.5. The van der Waals surface area contributed by atoms with Crippen LogP contribution in [0.15, 0.2) is 78.0 Å². The predicted octanol–water partition coefficient (Wildman–Crippen LogP) is 10.5. The first-order valence-electron chi connectivity index (χ1n) is 18.3. The first-order chi connectivity index (χ1) is 23.4. The predicted molar refractivity (Wildman–Crippen MR) is 194 cm³/mol. The SMILES string of the molecule is CCC1CC1c1cc(C(=O)C2=CCCC(C3=CCCOCC3)CC2)ccc1Cc1cc2c(cn1)C(C)CC(=O)c1ccccc1C=C2C. The summed E-state index contributed by atoms with van der Waals surface area (Å²) >= 11 is 0. The molecule has 248 valence electrons. The van der Waals surface area contributed by atoms with Crippen molar-refractivity contribution in [1.82, 2.24) is 4.98 Å². The van der Waals surface area contributed by atoms with Gasteiger partial charge in [0.2, 0.25) is 0 Å². The van der Waals surface area contributed by atoms with Crippen molar-refractivity contribution < 1.29 is 14.3 Å². The van der Waals surface area contributed by atoms with E-state index in [1.54, 1.807) is 0 Å². The number of pyridine rings is 1. The van der Waals surface area contributed by atoms with Crippen LogP contribution in [0.2, 0.25) is 0 Å². The van der Waals surface area contributed by atoms with E-state index in [1.807, 2.05) is 30.5 Å². The van der Waals surface area contributed by atoms with Crippen molar-refractivity contribution in [3.63, 3.8) is 0 Å². The lowest BCUT2D eigenvalue weighted by Gasteiger charge is -2.18. The van der Waals surface area contributed by atoms with E-state index in [0.29, 0.717) is 24.2 Å². The summed E-state index contributed by atoms with van der Waals surface area (Å²) in [7, 11) is 0. The van der Waals surface area contributed by atoms with E-state index >= 15 is 0 Å². The summed E-state index contributed by atoms with van der Waals surface area (Å²) in [5.41, 5.74) is 12.2. The van der Waals surface area contributed by atoms with Gasteiger partial charge in [-0.1, -0.05) is 80.5 Å². The summed E-state index contributed by atoms with van der Waals surface area (Å²) < 4.78 is 5.69. The van der Waals surface area contributed by atoms with Crippen LogP contribution in [0.25, 0.3) is 11.6 Å². The molecule has 0 radical (unpaired) electrons. The lowest BCUT2D eigenvalue weighted by Crippen LogP contribution is -2.09. The fraction of sp³-hybridized carbons (Fsp3) is 0.432. The molecule has 4 nitrogen and oxygen atoms in total. The third kappa shape index (κ3) is 6.96. The molecule has 4 heteroatoms. The van der Waals surface area contributed by atoms with Crippen LogP contribution in [0, 0.1) is 11.8 Å². The zero-order chi connectivity index (χ0) is 33.2. The van der Waals surface area contributed by atoms with E-state index in [4.69, 9.17) is 9.72 Å². The Morgan fingerprint density at radius 1 is 0.958 bits per heavy atom. The monoisotopic (exact) mass is 639 g/mol. The van der Waals surface area contributed by atoms with Gasteiger partial charge < -0.3 is 4.74 Å². The molecule has 4 atom stereocenters. The second-order valence-corrected chi connectivity index (χ2v) is 14.6. The Balaban J connectivity index is 1.15. The molecule has 0 spiro atoms. The van der Waals surface area contributed by atoms with E-state index in [2.05, 4.69) is 63.3 Å². The van der Waals surface area contributed by atoms with Gasteiger partial charge in [-0.15, -0.1) is 0 Å². The van der Waals surface area contributed by atoms with Gasteiger partial charge in [0.25, 0.3) is 0 Å². The van der Waals surface area contributed by atoms with Gasteiger partial charge >= 0.3 is 0 Å². The zero-order valence-electron chi connectivity index (χ0n) is 28.9. The Morgan fingerprint density at radius 2 is 1.83 bits per heavy atom. The van der Waals surface area contributed by atoms with Crippen LogP contribution in [-0.2, 0) is 11.2 Å². The Morgan fingerprint density at radius 3 is 2.69 bits per heavy atom. The molecule has 1 aliphatic heterocycles. The third-order valence-corrected chi connectivity index (χ3v) is 11.4. The van der Waals surface area contributed by atoms with Gasteiger partial charge in [-0.25, -0.2) is 0 Å². The van der Waals surface area contributed by atoms with Crippen LogP contribution in [0.1, 0.15) is 145 Å². The van der Waals surface area contributed by atoms with Crippen molar-refractivity contribution in [3.05, 3.63) is 123 Å². The van der Waals surface area contributed by atoms with Crippen molar-refractivity contribution in [2.24, 2.45) is 11.8 Å². The largest absolute Gasteiger partial charge is 0.381 e. The minimum atomic E-state index is 0.0765. The highest BCUT2D eigenvalue weighted by molar-refractivity contribution is 6.09. The topological polar surface area (TPSA) is 56.3 Å². The highest BCUT2D eigenvalue weighted by Crippen LogP contribution is 2.51. The van der Waals surface area contributed by atoms with Gasteiger partial charge in [-0.05, 0) is 127 Å². The summed E-state index contributed by atoms with van der Waals surface area (Å²) in [6.45, 7) is 8.21. The number of fused-ring (bicyclic) bond motifs is 2. The number of carbonyl (C=O) groups is 2. The van der Waals surface area contributed by atoms with Crippen molar-refractivity contribution in [1.29, 1.82) is 0 Å². The molecular formula is C44H49NO3. The van der Waals surface area contributed by atoms with Crippen LogP contribution in [0.5, 0.6) is 0 Å². The van der Waals surface area contributed by atoms with Crippen LogP contribution in [0.4, 0.5) is 0 Å². The minimum absolute atomic E-state index is 0.0765. The van der Waals surface area contributed by atoms with E-state index in [0.717, 1.165) is 104 Å². The number of rotatable bonds is 7. The molecule has 1 saturated carbocycles. The van der Waals surface area contributed by atoms with E-state index in [9.17, 15) is 9.59 Å². The Hall–Kier alpha value is -3.89. The molecule has 3 aromatic rings. The molecule has 0 amide bonds. The maximum absolute atomic E-state index is 14.0. The van der Waals surface area contributed by atoms with E-state index < -0.39 is 0 Å². The molecule has 0 saturated heterocycles. The van der Waals surface area contributed by atoms with Crippen LogP contribution in [-0.4, -0.2) is 29.8 Å². The quantitative estimate of drug-likeness (QED) is 0.191. The summed E-state index contributed by atoms with van der Waals surface area (Å²) in [4.78, 5) is 32.2. The minimum Gasteiger partial charge on any atom is -0.381 e. The van der Waals surface area contributed by atoms with Crippen LogP contribution in [0.3, 0.4) is 0 Å². The molecule has 2 heterocycles. The number of allylic oxidation sites excluding steroid dienone is 3. The summed E-state index contributed by atoms with van der Waals surface area (Å²) in [6.07, 6.45) is 18.3. The van der Waals surface area contributed by atoms with Crippen molar-refractivity contribution >= 4 is 23.2 Å². The third-order valence-electron chi connectivity index (χ3n) is 11.4. The molecule has 0 bridgehead atoms. The number of benzene rings is 2. The molecule has 4 unspecified atom stereocenters. The zero-order valence-corrected chi connectivity index (χ0v) is 28.9. The van der Waals surface area contributed by atoms with E-state index in [1.165, 1.54) is 28.7 Å². The maximum atomic E-state index is 14.0. The van der Waals surface area contributed by atoms with Crippen LogP contribution >= 0.6 is 0 Å². The van der Waals surface area contributed by atoms with Crippen molar-refractivity contribution in [3.8, 4) is 0 Å². The number of ketones is 2. The number of hydrogen-bond acceptors (Lipinski definition) is 4. The van der Waals surface area contributed by atoms with E-state index in [-0.39, 0.29) is 17.5 Å². The molecular weight excluding hydrogens is 590 g/mol. The highest BCUT2D eigenvalue weighted by Gasteiger charge is 2.38. The molecule has 4 aliphatic rings. The van der Waals surface area contributed by atoms with Gasteiger partial charge in [0.05, 0.1) is 13.2 Å². The van der Waals surface area contributed by atoms with Gasteiger partial charge in [0, 0.05) is 35.9 Å². The first kappa shape index (κ1) is 32.6. The average molecular weight is 640 g/mol. The second-order valence-electron chi connectivity index (χ2n) is 14.6. The molecule has 7 rings (SSSR count). The molecule has 2 aromatic carbocycles. The molecule has 48 heavy (non-hydrogen) atoms. The number of Topliss-reactive ketones (excluding diaryl/α,β-unsaturated/α-hetero) is 2. The summed E-state index contributed by atoms with van der Waals surface area (Å²) in [6, 6.07) is 16.7.